The summed E-state index contributed by atoms with van der Waals surface area (Å²) in [5, 5.41) is 2.62. The van der Waals surface area contributed by atoms with Gasteiger partial charge in [-0.3, -0.25) is 4.79 Å². The summed E-state index contributed by atoms with van der Waals surface area (Å²) in [6, 6.07) is 6.52. The van der Waals surface area contributed by atoms with Gasteiger partial charge in [0.25, 0.3) is 0 Å². The van der Waals surface area contributed by atoms with Crippen molar-refractivity contribution in [1.82, 2.24) is 5.32 Å². The second-order valence-electron chi connectivity index (χ2n) is 6.16. The van der Waals surface area contributed by atoms with Crippen LogP contribution in [0.5, 0.6) is 5.75 Å². The largest absolute Gasteiger partial charge is 0.465 e. The number of methoxy groups -OCH3 is 2. The Kier molecular flexibility index (Phi) is 5.10. The van der Waals surface area contributed by atoms with E-state index in [1.807, 2.05) is 0 Å². The van der Waals surface area contributed by atoms with Crippen LogP contribution in [0.1, 0.15) is 12.5 Å². The van der Waals surface area contributed by atoms with Gasteiger partial charge in [-0.1, -0.05) is 18.2 Å². The van der Waals surface area contributed by atoms with E-state index in [1.165, 1.54) is 7.11 Å². The van der Waals surface area contributed by atoms with Crippen molar-refractivity contribution in [3.8, 4) is 5.75 Å². The van der Waals surface area contributed by atoms with Crippen LogP contribution in [0.3, 0.4) is 0 Å². The molecule has 1 aromatic rings. The second kappa shape index (κ2) is 7.35. The van der Waals surface area contributed by atoms with Gasteiger partial charge in [0.2, 0.25) is 11.8 Å². The standard InChI is InChI=1S/C19H20N2O7/c1-10-13(17(23)27-9-8-25-2)19(18(24)21-10)11-6-4-5-7-12(11)28-15(20)14(19)16(22)26-3/h4-7H,8-9,20H2,1-3H3,(H,21,24)/t19-/m0/s1. The molecule has 3 N–H and O–H groups in total. The molecule has 0 aliphatic carbocycles. The summed E-state index contributed by atoms with van der Waals surface area (Å²) in [7, 11) is 2.62. The first-order valence-corrected chi connectivity index (χ1v) is 8.44. The van der Waals surface area contributed by atoms with Gasteiger partial charge >= 0.3 is 11.9 Å². The van der Waals surface area contributed by atoms with E-state index in [4.69, 9.17) is 24.7 Å². The Morgan fingerprint density at radius 1 is 1.14 bits per heavy atom. The molecule has 0 saturated carbocycles. The zero-order valence-electron chi connectivity index (χ0n) is 15.7. The third kappa shape index (κ3) is 2.71. The summed E-state index contributed by atoms with van der Waals surface area (Å²) in [6.45, 7) is 1.69. The lowest BCUT2D eigenvalue weighted by molar-refractivity contribution is -0.142. The summed E-state index contributed by atoms with van der Waals surface area (Å²) >= 11 is 0. The van der Waals surface area contributed by atoms with Crippen LogP contribution >= 0.6 is 0 Å². The van der Waals surface area contributed by atoms with E-state index in [1.54, 1.807) is 31.2 Å². The number of carbonyl (C=O) groups is 3. The van der Waals surface area contributed by atoms with Crippen LogP contribution in [-0.4, -0.2) is 45.3 Å². The number of esters is 2. The summed E-state index contributed by atoms with van der Waals surface area (Å²) in [5.41, 5.74) is 4.36. The van der Waals surface area contributed by atoms with Gasteiger partial charge < -0.3 is 30.0 Å². The number of amides is 1. The molecule has 1 amide bonds. The minimum Gasteiger partial charge on any atom is -0.465 e. The molecule has 0 fully saturated rings. The van der Waals surface area contributed by atoms with Gasteiger partial charge in [0, 0.05) is 18.4 Å². The second-order valence-corrected chi connectivity index (χ2v) is 6.16. The first-order valence-electron chi connectivity index (χ1n) is 8.44. The van der Waals surface area contributed by atoms with Crippen molar-refractivity contribution < 1.29 is 33.3 Å². The third-order valence-electron chi connectivity index (χ3n) is 4.64. The molecule has 0 unspecified atom stereocenters. The van der Waals surface area contributed by atoms with Gasteiger partial charge in [0.15, 0.2) is 0 Å². The monoisotopic (exact) mass is 388 g/mol. The first-order chi connectivity index (χ1) is 13.4. The molecule has 2 aliphatic rings. The van der Waals surface area contributed by atoms with Crippen molar-refractivity contribution in [2.45, 2.75) is 12.3 Å². The molecule has 2 heterocycles. The maximum Gasteiger partial charge on any atom is 0.340 e. The molecule has 3 rings (SSSR count). The minimum absolute atomic E-state index is 0.0265. The molecular weight excluding hydrogens is 368 g/mol. The van der Waals surface area contributed by atoms with Gasteiger partial charge in [-0.05, 0) is 13.0 Å². The van der Waals surface area contributed by atoms with Crippen LogP contribution in [0.25, 0.3) is 0 Å². The average Bonchev–Trinajstić information content (AvgIpc) is 2.92. The predicted molar refractivity (Wildman–Crippen MR) is 95.7 cm³/mol. The first kappa shape index (κ1) is 19.4. The molecule has 9 heteroatoms. The lowest BCUT2D eigenvalue weighted by atomic mass is 9.67. The fourth-order valence-corrected chi connectivity index (χ4v) is 3.52. The fourth-order valence-electron chi connectivity index (χ4n) is 3.52. The van der Waals surface area contributed by atoms with Crippen LogP contribution < -0.4 is 15.8 Å². The highest BCUT2D eigenvalue weighted by molar-refractivity contribution is 6.17. The van der Waals surface area contributed by atoms with Gasteiger partial charge in [-0.2, -0.15) is 0 Å². The van der Waals surface area contributed by atoms with Crippen molar-refractivity contribution in [3.63, 3.8) is 0 Å². The summed E-state index contributed by atoms with van der Waals surface area (Å²) in [4.78, 5) is 38.8. The zero-order valence-corrected chi connectivity index (χ0v) is 15.7. The molecule has 0 saturated heterocycles. The highest BCUT2D eigenvalue weighted by Crippen LogP contribution is 2.51. The van der Waals surface area contributed by atoms with E-state index in [2.05, 4.69) is 5.32 Å². The van der Waals surface area contributed by atoms with Crippen LogP contribution in [0, 0.1) is 0 Å². The molecule has 9 nitrogen and oxygen atoms in total. The SMILES string of the molecule is COCCOC(=O)C1=C(C)NC(=O)[C@]12C(C(=O)OC)=C(N)Oc1ccccc12. The number of carbonyl (C=O) groups excluding carboxylic acids is 3. The molecule has 28 heavy (non-hydrogen) atoms. The molecule has 0 bridgehead atoms. The van der Waals surface area contributed by atoms with Crippen LogP contribution in [0.4, 0.5) is 0 Å². The van der Waals surface area contributed by atoms with Gasteiger partial charge in [0.1, 0.15) is 23.3 Å². The van der Waals surface area contributed by atoms with E-state index in [0.717, 1.165) is 7.11 Å². The fraction of sp³-hybridized carbons (Fsp3) is 0.316. The quantitative estimate of drug-likeness (QED) is 0.543. The minimum atomic E-state index is -1.85. The maximum atomic E-state index is 13.2. The van der Waals surface area contributed by atoms with Crippen LogP contribution in [-0.2, 0) is 34.0 Å². The topological polar surface area (TPSA) is 126 Å². The van der Waals surface area contributed by atoms with E-state index >= 15 is 0 Å². The summed E-state index contributed by atoms with van der Waals surface area (Å²) in [6.07, 6.45) is 0. The molecule has 1 atom stereocenters. The van der Waals surface area contributed by atoms with Crippen molar-refractivity contribution in [3.05, 3.63) is 52.6 Å². The van der Waals surface area contributed by atoms with E-state index in [0.29, 0.717) is 0 Å². The van der Waals surface area contributed by atoms with Crippen molar-refractivity contribution in [2.75, 3.05) is 27.4 Å². The Morgan fingerprint density at radius 3 is 2.54 bits per heavy atom. The highest BCUT2D eigenvalue weighted by atomic mass is 16.6. The number of benzene rings is 1. The van der Waals surface area contributed by atoms with Gasteiger partial charge in [-0.15, -0.1) is 0 Å². The smallest absolute Gasteiger partial charge is 0.340 e. The van der Waals surface area contributed by atoms with Crippen molar-refractivity contribution in [2.24, 2.45) is 5.73 Å². The van der Waals surface area contributed by atoms with Gasteiger partial charge in [0.05, 0.1) is 19.3 Å². The number of nitrogens with one attached hydrogen (secondary N) is 1. The number of para-hydroxylation sites is 1. The average molecular weight is 388 g/mol. The summed E-state index contributed by atoms with van der Waals surface area (Å²) < 4.78 is 20.5. The third-order valence-corrected chi connectivity index (χ3v) is 4.64. The zero-order chi connectivity index (χ0) is 20.5. The number of hydrogen-bond acceptors (Lipinski definition) is 8. The highest BCUT2D eigenvalue weighted by Gasteiger charge is 2.61. The molecule has 2 aliphatic heterocycles. The molecule has 0 radical (unpaired) electrons. The van der Waals surface area contributed by atoms with Crippen LogP contribution in [0.15, 0.2) is 47.0 Å². The Hall–Kier alpha value is -3.33. The normalized spacial score (nSPS) is 20.6. The van der Waals surface area contributed by atoms with Crippen LogP contribution in [0.2, 0.25) is 0 Å². The molecule has 1 aromatic carbocycles. The van der Waals surface area contributed by atoms with Crippen molar-refractivity contribution >= 4 is 17.8 Å². The molecule has 1 spiro atoms. The Labute approximate surface area is 161 Å². The molecule has 0 aromatic heterocycles. The van der Waals surface area contributed by atoms with E-state index < -0.39 is 23.3 Å². The molecular formula is C19H20N2O7. The Bertz CT molecular complexity index is 919. The van der Waals surface area contributed by atoms with Crippen molar-refractivity contribution in [1.29, 1.82) is 0 Å². The lowest BCUT2D eigenvalue weighted by Gasteiger charge is -2.35. The molecule has 148 valence electrons. The predicted octanol–water partition coefficient (Wildman–Crippen LogP) is 0.254. The number of rotatable bonds is 5. The van der Waals surface area contributed by atoms with E-state index in [-0.39, 0.29) is 47.3 Å². The number of fused-ring (bicyclic) bond motifs is 2. The Morgan fingerprint density at radius 2 is 1.86 bits per heavy atom. The maximum absolute atomic E-state index is 13.2. The van der Waals surface area contributed by atoms with E-state index in [9.17, 15) is 14.4 Å². The lowest BCUT2D eigenvalue weighted by Crippen LogP contribution is -2.49. The van der Waals surface area contributed by atoms with Gasteiger partial charge in [-0.25, -0.2) is 9.59 Å². The number of ether oxygens (including phenoxy) is 4. The number of hydrogen-bond donors (Lipinski definition) is 2. The summed E-state index contributed by atoms with van der Waals surface area (Å²) in [5.74, 6) is -2.36. The number of allylic oxidation sites excluding steroid dienone is 1. The number of nitrogens with two attached hydrogens (primary N) is 1. The Balaban J connectivity index is 2.27.